The van der Waals surface area contributed by atoms with Crippen LogP contribution in [0.25, 0.3) is 0 Å². The number of sulfone groups is 1. The molecule has 2 amide bonds. The monoisotopic (exact) mass is 444 g/mol. The normalized spacial score (nSPS) is 12.2. The van der Waals surface area contributed by atoms with Crippen LogP contribution < -0.4 is 10.6 Å². The Morgan fingerprint density at radius 2 is 1.61 bits per heavy atom. The highest BCUT2D eigenvalue weighted by molar-refractivity contribution is 7.91. The van der Waals surface area contributed by atoms with E-state index < -0.39 is 32.7 Å². The van der Waals surface area contributed by atoms with Gasteiger partial charge in [0, 0.05) is 13.1 Å². The molecule has 2 N–H and O–H groups in total. The molecule has 3 aromatic rings. The smallest absolute Gasteiger partial charge is 0.309 e. The van der Waals surface area contributed by atoms with Crippen molar-refractivity contribution in [3.05, 3.63) is 89.6 Å². The number of aryl methyl sites for hydroxylation is 1. The predicted molar refractivity (Wildman–Crippen MR) is 111 cm³/mol. The maximum absolute atomic E-state index is 13.1. The summed E-state index contributed by atoms with van der Waals surface area (Å²) < 4.78 is 44.5. The fourth-order valence-electron chi connectivity index (χ4n) is 2.86. The first-order chi connectivity index (χ1) is 14.8. The largest absolute Gasteiger partial charge is 0.468 e. The van der Waals surface area contributed by atoms with E-state index >= 15 is 0 Å². The Hall–Kier alpha value is -3.46. The molecule has 0 bridgehead atoms. The Morgan fingerprint density at radius 3 is 2.23 bits per heavy atom. The van der Waals surface area contributed by atoms with Gasteiger partial charge in [0.2, 0.25) is 0 Å². The molecule has 1 atom stereocenters. The first kappa shape index (κ1) is 22.2. The second-order valence-electron chi connectivity index (χ2n) is 6.88. The van der Waals surface area contributed by atoms with Crippen LogP contribution in [0.15, 0.2) is 76.2 Å². The summed E-state index contributed by atoms with van der Waals surface area (Å²) in [7, 11) is -3.90. The zero-order valence-electron chi connectivity index (χ0n) is 16.7. The number of hydrogen-bond acceptors (Lipinski definition) is 5. The lowest BCUT2D eigenvalue weighted by molar-refractivity contribution is -0.139. The first-order valence-corrected chi connectivity index (χ1v) is 11.0. The number of halogens is 1. The molecule has 0 unspecified atom stereocenters. The van der Waals surface area contributed by atoms with E-state index in [2.05, 4.69) is 10.6 Å². The minimum absolute atomic E-state index is 0.0236. The van der Waals surface area contributed by atoms with Crippen molar-refractivity contribution in [1.82, 2.24) is 10.6 Å². The van der Waals surface area contributed by atoms with Crippen molar-refractivity contribution in [2.45, 2.75) is 23.6 Å². The van der Waals surface area contributed by atoms with Crippen LogP contribution in [0.1, 0.15) is 22.1 Å². The molecule has 3 rings (SSSR count). The molecule has 31 heavy (non-hydrogen) atoms. The number of hydrogen-bond donors (Lipinski definition) is 2. The molecular weight excluding hydrogens is 423 g/mol. The van der Waals surface area contributed by atoms with Crippen LogP contribution in [0.3, 0.4) is 0 Å². The third kappa shape index (κ3) is 5.58. The molecule has 0 aliphatic carbocycles. The zero-order chi connectivity index (χ0) is 22.4. The van der Waals surface area contributed by atoms with E-state index in [1.165, 1.54) is 48.7 Å². The van der Waals surface area contributed by atoms with Crippen molar-refractivity contribution in [2.24, 2.45) is 0 Å². The van der Waals surface area contributed by atoms with E-state index in [9.17, 15) is 22.4 Å². The second kappa shape index (κ2) is 9.57. The average molecular weight is 444 g/mol. The average Bonchev–Trinajstić information content (AvgIpc) is 3.27. The highest BCUT2D eigenvalue weighted by atomic mass is 32.2. The Morgan fingerprint density at radius 1 is 0.968 bits per heavy atom. The number of benzene rings is 2. The van der Waals surface area contributed by atoms with Gasteiger partial charge in [0.15, 0.2) is 9.84 Å². The zero-order valence-corrected chi connectivity index (χ0v) is 17.5. The molecule has 0 spiro atoms. The fourth-order valence-corrected chi connectivity index (χ4v) is 4.45. The van der Waals surface area contributed by atoms with Gasteiger partial charge >= 0.3 is 11.8 Å². The summed E-state index contributed by atoms with van der Waals surface area (Å²) in [6.45, 7) is 1.51. The SMILES string of the molecule is Cc1ccc(S(=O)(=O)[C@H](CNC(=O)C(=O)NCc2ccc(F)cc2)c2ccco2)cc1. The van der Waals surface area contributed by atoms with Gasteiger partial charge in [-0.3, -0.25) is 9.59 Å². The van der Waals surface area contributed by atoms with Gasteiger partial charge in [-0.25, -0.2) is 12.8 Å². The maximum Gasteiger partial charge on any atom is 0.309 e. The molecular formula is C22H21FN2O5S. The second-order valence-corrected chi connectivity index (χ2v) is 9.01. The number of carbonyl (C=O) groups excluding carboxylic acids is 2. The van der Waals surface area contributed by atoms with E-state index in [1.807, 2.05) is 6.92 Å². The summed E-state index contributed by atoms with van der Waals surface area (Å²) in [5.74, 6) is -2.19. The van der Waals surface area contributed by atoms with E-state index in [1.54, 1.807) is 18.2 Å². The van der Waals surface area contributed by atoms with Gasteiger partial charge in [-0.2, -0.15) is 0 Å². The van der Waals surface area contributed by atoms with Crippen molar-refractivity contribution in [1.29, 1.82) is 0 Å². The molecule has 0 saturated carbocycles. The van der Waals surface area contributed by atoms with Gasteiger partial charge in [0.05, 0.1) is 11.2 Å². The molecule has 2 aromatic carbocycles. The lowest BCUT2D eigenvalue weighted by Gasteiger charge is -2.17. The van der Waals surface area contributed by atoms with Gasteiger partial charge in [0.1, 0.15) is 16.8 Å². The number of rotatable bonds is 7. The van der Waals surface area contributed by atoms with Crippen molar-refractivity contribution in [3.63, 3.8) is 0 Å². The van der Waals surface area contributed by atoms with Crippen molar-refractivity contribution >= 4 is 21.7 Å². The highest BCUT2D eigenvalue weighted by Crippen LogP contribution is 2.29. The molecule has 0 aliphatic heterocycles. The minimum atomic E-state index is -3.90. The molecule has 0 fully saturated rings. The van der Waals surface area contributed by atoms with Crippen molar-refractivity contribution in [3.8, 4) is 0 Å². The molecule has 1 aromatic heterocycles. The van der Waals surface area contributed by atoms with Crippen LogP contribution in [0.2, 0.25) is 0 Å². The molecule has 7 nitrogen and oxygen atoms in total. The highest BCUT2D eigenvalue weighted by Gasteiger charge is 2.32. The van der Waals surface area contributed by atoms with Gasteiger partial charge in [0.25, 0.3) is 0 Å². The van der Waals surface area contributed by atoms with E-state index in [-0.39, 0.29) is 23.7 Å². The topological polar surface area (TPSA) is 105 Å². The van der Waals surface area contributed by atoms with Gasteiger partial charge in [-0.1, -0.05) is 29.8 Å². The molecule has 0 saturated heterocycles. The van der Waals surface area contributed by atoms with Crippen LogP contribution in [0.4, 0.5) is 4.39 Å². The summed E-state index contributed by atoms with van der Waals surface area (Å²) in [5.41, 5.74) is 1.51. The molecule has 162 valence electrons. The van der Waals surface area contributed by atoms with Crippen LogP contribution in [0, 0.1) is 12.7 Å². The summed E-state index contributed by atoms with van der Waals surface area (Å²) in [6.07, 6.45) is 1.34. The Labute approximate surface area is 179 Å². The van der Waals surface area contributed by atoms with E-state index in [0.717, 1.165) is 5.56 Å². The van der Waals surface area contributed by atoms with Crippen LogP contribution in [0.5, 0.6) is 0 Å². The quantitative estimate of drug-likeness (QED) is 0.545. The standard InChI is InChI=1S/C22H21FN2O5S/c1-15-4-10-18(11-5-15)31(28,29)20(19-3-2-12-30-19)14-25-22(27)21(26)24-13-16-6-8-17(23)9-7-16/h2-12,20H,13-14H2,1H3,(H,24,26)(H,25,27)/t20-/m1/s1. The van der Waals surface area contributed by atoms with Gasteiger partial charge in [-0.05, 0) is 48.9 Å². The third-order valence-corrected chi connectivity index (χ3v) is 6.68. The lowest BCUT2D eigenvalue weighted by atomic mass is 10.2. The van der Waals surface area contributed by atoms with Gasteiger partial charge < -0.3 is 15.1 Å². The molecule has 0 aliphatic rings. The third-order valence-electron chi connectivity index (χ3n) is 4.61. The van der Waals surface area contributed by atoms with Crippen LogP contribution in [-0.4, -0.2) is 26.8 Å². The lowest BCUT2D eigenvalue weighted by Crippen LogP contribution is -2.42. The maximum atomic E-state index is 13.1. The van der Waals surface area contributed by atoms with E-state index in [0.29, 0.717) is 5.56 Å². The summed E-state index contributed by atoms with van der Waals surface area (Å²) in [5, 5.41) is 3.55. The molecule has 0 radical (unpaired) electrons. The predicted octanol–water partition coefficient (Wildman–Crippen LogP) is 2.67. The molecule has 1 heterocycles. The number of nitrogens with one attached hydrogen (secondary N) is 2. The van der Waals surface area contributed by atoms with Crippen LogP contribution >= 0.6 is 0 Å². The van der Waals surface area contributed by atoms with E-state index in [4.69, 9.17) is 4.42 Å². The Balaban J connectivity index is 1.68. The Bertz CT molecular complexity index is 1140. The molecule has 9 heteroatoms. The summed E-state index contributed by atoms with van der Waals surface area (Å²) >= 11 is 0. The first-order valence-electron chi connectivity index (χ1n) is 9.42. The Kier molecular flexibility index (Phi) is 6.86. The number of carbonyl (C=O) groups is 2. The minimum Gasteiger partial charge on any atom is -0.468 e. The van der Waals surface area contributed by atoms with Crippen molar-refractivity contribution < 1.29 is 26.8 Å². The number of furan rings is 1. The van der Waals surface area contributed by atoms with Crippen molar-refractivity contribution in [2.75, 3.05) is 6.54 Å². The number of amides is 2. The summed E-state index contributed by atoms with van der Waals surface area (Å²) in [4.78, 5) is 24.3. The van der Waals surface area contributed by atoms with Crippen LogP contribution in [-0.2, 0) is 26.0 Å². The summed E-state index contributed by atoms with van der Waals surface area (Å²) in [6, 6.07) is 14.8. The van der Waals surface area contributed by atoms with Gasteiger partial charge in [-0.15, -0.1) is 0 Å². The fraction of sp³-hybridized carbons (Fsp3) is 0.182.